The summed E-state index contributed by atoms with van der Waals surface area (Å²) in [5.74, 6) is 0. The first kappa shape index (κ1) is 21.3. The second-order valence-corrected chi connectivity index (χ2v) is 3.73. The van der Waals surface area contributed by atoms with Crippen molar-refractivity contribution in [2.24, 2.45) is 0 Å². The van der Waals surface area contributed by atoms with Crippen LogP contribution in [0.3, 0.4) is 0 Å². The Morgan fingerprint density at radius 3 is 1.50 bits per heavy atom. The number of hydrogen-bond donors (Lipinski definition) is 0. The van der Waals surface area contributed by atoms with E-state index in [1.165, 1.54) is 0 Å². The summed E-state index contributed by atoms with van der Waals surface area (Å²) in [5.41, 5.74) is 0. The molecule has 2 nitrogen and oxygen atoms in total. The maximum atomic E-state index is 12.4. The zero-order valence-electron chi connectivity index (χ0n) is 8.97. The molecule has 4 atom stereocenters. The van der Waals surface area contributed by atoms with Gasteiger partial charge in [0.1, 0.15) is 0 Å². The lowest BCUT2D eigenvalue weighted by Crippen LogP contribution is -2.42. The molecule has 4 unspecified atom stereocenters. The van der Waals surface area contributed by atoms with Gasteiger partial charge in [-0.2, -0.15) is 21.6 Å². The van der Waals surface area contributed by atoms with Gasteiger partial charge in [-0.15, -0.1) is 0 Å². The number of hydrogen-bond acceptors (Lipinski definition) is 2. The van der Waals surface area contributed by atoms with E-state index in [-0.39, 0.29) is 6.08 Å². The van der Waals surface area contributed by atoms with Crippen molar-refractivity contribution >= 4 is 10.6 Å². The molecule has 0 aromatic carbocycles. The van der Waals surface area contributed by atoms with Crippen LogP contribution in [0.25, 0.3) is 0 Å². The monoisotopic (exact) mass is 344 g/mol. The molecule has 0 heterocycles. The van der Waals surface area contributed by atoms with Crippen molar-refractivity contribution in [2.75, 3.05) is 0 Å². The van der Waals surface area contributed by atoms with E-state index in [1.54, 1.807) is 0 Å². The number of alkyl halides is 7. The predicted molar refractivity (Wildman–Crippen MR) is 47.0 cm³/mol. The van der Waals surface area contributed by atoms with Crippen molar-refractivity contribution in [1.82, 2.24) is 0 Å². The largest absolute Gasteiger partial charge is 0.476 e. The molecule has 0 N–H and O–H groups in total. The Hall–Kier alpha value is -1.01. The zero-order valence-corrected chi connectivity index (χ0v) is 9.78. The molecule has 0 aromatic rings. The van der Waals surface area contributed by atoms with E-state index in [1.807, 2.05) is 0 Å². The Balaban J connectivity index is 0. The highest BCUT2D eigenvalue weighted by molar-refractivity contribution is 7.81. The fourth-order valence-electron chi connectivity index (χ4n) is 0.693. The van der Waals surface area contributed by atoms with Gasteiger partial charge < -0.3 is 0 Å². The number of halogens is 10. The number of allylic oxidation sites excluding steroid dienone is 1. The molecule has 20 heavy (non-hydrogen) atoms. The summed E-state index contributed by atoms with van der Waals surface area (Å²) in [7, 11) is -5.67. The Morgan fingerprint density at radius 1 is 0.900 bits per heavy atom. The lowest BCUT2D eigenvalue weighted by Gasteiger charge is -2.20. The summed E-state index contributed by atoms with van der Waals surface area (Å²) in [6.45, 7) is 0. The van der Waals surface area contributed by atoms with Crippen LogP contribution in [0.2, 0.25) is 0 Å². The number of rotatable bonds is 4. The molecule has 122 valence electrons. The minimum Gasteiger partial charge on any atom is -0.241 e. The highest BCUT2D eigenvalue weighted by atomic mass is 32.3. The lowest BCUT2D eigenvalue weighted by atomic mass is 10.1. The third-order valence-electron chi connectivity index (χ3n) is 1.46. The molecule has 0 spiro atoms. The minimum atomic E-state index is -5.67. The van der Waals surface area contributed by atoms with Crippen LogP contribution in [0.1, 0.15) is 0 Å². The third kappa shape index (κ3) is 10.9. The quantitative estimate of drug-likeness (QED) is 0.577. The predicted octanol–water partition coefficient (Wildman–Crippen LogP) is 3.55. The second-order valence-electron chi connectivity index (χ2n) is 2.97. The highest BCUT2D eigenvalue weighted by Gasteiger charge is 2.50. The smallest absolute Gasteiger partial charge is 0.241 e. The molecule has 13 heteroatoms. The molecule has 0 saturated heterocycles. The second kappa shape index (κ2) is 8.32. The van der Waals surface area contributed by atoms with Crippen LogP contribution in [0.4, 0.5) is 42.9 Å². The Kier molecular flexibility index (Phi) is 8.85. The van der Waals surface area contributed by atoms with Crippen LogP contribution in [-0.4, -0.2) is 39.3 Å². The van der Waals surface area contributed by atoms with Gasteiger partial charge in [0.2, 0.25) is 6.17 Å². The fourth-order valence-corrected chi connectivity index (χ4v) is 0.693. The Labute approximate surface area is 106 Å². The molecule has 0 aromatic heterocycles. The van der Waals surface area contributed by atoms with Crippen molar-refractivity contribution < 1.29 is 51.3 Å². The van der Waals surface area contributed by atoms with E-state index >= 15 is 0 Å². The Bertz CT molecular complexity index is 383. The summed E-state index contributed by atoms with van der Waals surface area (Å²) in [5, 5.41) is 0. The molecule has 0 aliphatic heterocycles. The van der Waals surface area contributed by atoms with Gasteiger partial charge in [0, 0.05) is 0 Å². The molecule has 0 aliphatic carbocycles. The van der Waals surface area contributed by atoms with E-state index < -0.39 is 47.8 Å². The highest BCUT2D eigenvalue weighted by Crippen LogP contribution is 2.30. The van der Waals surface area contributed by atoms with Gasteiger partial charge >= 0.3 is 16.8 Å². The lowest BCUT2D eigenvalue weighted by molar-refractivity contribution is -0.203. The average Bonchev–Trinajstić information content (AvgIpc) is 2.22. The third-order valence-corrected chi connectivity index (χ3v) is 1.46. The standard InChI is InChI=1S/C7H6F8.F2O2S/c8-2-1-3(9)4(10)5(11)6(12)7(13,14)15;1-5(2,3)4/h1-6H;. The van der Waals surface area contributed by atoms with Crippen LogP contribution in [0.15, 0.2) is 12.4 Å². The van der Waals surface area contributed by atoms with Crippen molar-refractivity contribution in [2.45, 2.75) is 30.9 Å². The van der Waals surface area contributed by atoms with Gasteiger partial charge in [-0.3, -0.25) is 0 Å². The summed E-state index contributed by atoms with van der Waals surface area (Å²) in [6.07, 6.45) is -20.5. The summed E-state index contributed by atoms with van der Waals surface area (Å²) in [4.78, 5) is 0. The molecular formula is C7H6F10O2S. The van der Waals surface area contributed by atoms with Gasteiger partial charge in [0.15, 0.2) is 18.5 Å². The Morgan fingerprint density at radius 2 is 1.25 bits per heavy atom. The van der Waals surface area contributed by atoms with Gasteiger partial charge in [0.25, 0.3) is 0 Å². The SMILES string of the molecule is FC=CC(F)C(F)C(F)C(F)C(F)(F)F.O=S(=O)(F)F. The maximum absolute atomic E-state index is 12.4. The van der Waals surface area contributed by atoms with E-state index in [0.29, 0.717) is 0 Å². The van der Waals surface area contributed by atoms with Gasteiger partial charge in [-0.1, -0.05) is 7.77 Å². The first-order chi connectivity index (χ1) is 8.71. The molecule has 0 aliphatic rings. The normalized spacial score (nSPS) is 18.9. The first-order valence-corrected chi connectivity index (χ1v) is 5.54. The molecule has 0 amide bonds. The van der Waals surface area contributed by atoms with Crippen molar-refractivity contribution in [3.63, 3.8) is 0 Å². The molecular weight excluding hydrogens is 338 g/mol. The van der Waals surface area contributed by atoms with Gasteiger partial charge in [-0.05, 0) is 6.08 Å². The van der Waals surface area contributed by atoms with E-state index in [4.69, 9.17) is 8.42 Å². The molecule has 0 rings (SSSR count). The molecule has 0 saturated carbocycles. The van der Waals surface area contributed by atoms with Crippen molar-refractivity contribution in [1.29, 1.82) is 0 Å². The van der Waals surface area contributed by atoms with Crippen LogP contribution in [0.5, 0.6) is 0 Å². The van der Waals surface area contributed by atoms with Gasteiger partial charge in [-0.25, -0.2) is 22.0 Å². The van der Waals surface area contributed by atoms with Crippen LogP contribution < -0.4 is 0 Å². The van der Waals surface area contributed by atoms with E-state index in [0.717, 1.165) is 0 Å². The molecule has 0 bridgehead atoms. The molecule has 0 fully saturated rings. The van der Waals surface area contributed by atoms with Crippen LogP contribution in [-0.2, 0) is 10.6 Å². The average molecular weight is 344 g/mol. The summed E-state index contributed by atoms with van der Waals surface area (Å²) in [6, 6.07) is 0. The van der Waals surface area contributed by atoms with Crippen LogP contribution in [0, 0.1) is 0 Å². The van der Waals surface area contributed by atoms with E-state index in [9.17, 15) is 42.9 Å². The zero-order chi connectivity index (χ0) is 16.7. The maximum Gasteiger partial charge on any atom is 0.476 e. The first-order valence-electron chi connectivity index (χ1n) is 4.26. The summed E-state index contributed by atoms with van der Waals surface area (Å²) < 4.78 is 132. The van der Waals surface area contributed by atoms with E-state index in [2.05, 4.69) is 0 Å². The van der Waals surface area contributed by atoms with Crippen molar-refractivity contribution in [3.05, 3.63) is 12.4 Å². The van der Waals surface area contributed by atoms with Gasteiger partial charge in [0.05, 0.1) is 6.33 Å². The fraction of sp³-hybridized carbons (Fsp3) is 0.714. The summed E-state index contributed by atoms with van der Waals surface area (Å²) >= 11 is 0. The van der Waals surface area contributed by atoms with Crippen molar-refractivity contribution in [3.8, 4) is 0 Å². The van der Waals surface area contributed by atoms with Crippen LogP contribution >= 0.6 is 0 Å². The molecule has 0 radical (unpaired) electrons. The minimum absolute atomic E-state index is 0.152. The topological polar surface area (TPSA) is 34.1 Å².